The Bertz CT molecular complexity index is 791. The highest BCUT2D eigenvalue weighted by molar-refractivity contribution is 5.97. The molecule has 2 aromatic rings. The van der Waals surface area contributed by atoms with Gasteiger partial charge in [0.1, 0.15) is 5.69 Å². The van der Waals surface area contributed by atoms with Gasteiger partial charge < -0.3 is 9.80 Å². The quantitative estimate of drug-likeness (QED) is 0.843. The van der Waals surface area contributed by atoms with Crippen molar-refractivity contribution in [3.05, 3.63) is 54.1 Å². The largest absolute Gasteiger partial charge is 0.332 e. The van der Waals surface area contributed by atoms with E-state index in [1.165, 1.54) is 6.20 Å². The van der Waals surface area contributed by atoms with Crippen molar-refractivity contribution in [3.8, 4) is 0 Å². The first kappa shape index (κ1) is 15.7. The molecule has 6 heteroatoms. The third-order valence-electron chi connectivity index (χ3n) is 5.06. The number of piperidine rings is 1. The summed E-state index contributed by atoms with van der Waals surface area (Å²) in [4.78, 5) is 37.5. The van der Waals surface area contributed by atoms with Crippen LogP contribution in [0.1, 0.15) is 35.4 Å². The van der Waals surface area contributed by atoms with Crippen LogP contribution < -0.4 is 4.90 Å². The third-order valence-corrected chi connectivity index (χ3v) is 5.06. The minimum absolute atomic E-state index is 0.0333. The van der Waals surface area contributed by atoms with Crippen molar-refractivity contribution in [1.29, 1.82) is 0 Å². The highest BCUT2D eigenvalue weighted by atomic mass is 16.2. The van der Waals surface area contributed by atoms with Crippen molar-refractivity contribution < 1.29 is 9.59 Å². The highest BCUT2D eigenvalue weighted by Gasteiger charge is 2.45. The Labute approximate surface area is 146 Å². The molecular weight excluding hydrogens is 316 g/mol. The molecule has 0 radical (unpaired) electrons. The molecule has 0 unspecified atom stereocenters. The number of likely N-dealkylation sites (tertiary alicyclic amines) is 1. The van der Waals surface area contributed by atoms with Gasteiger partial charge in [0.05, 0.1) is 24.0 Å². The summed E-state index contributed by atoms with van der Waals surface area (Å²) in [7, 11) is 0. The second kappa shape index (κ2) is 6.27. The van der Waals surface area contributed by atoms with Crippen LogP contribution in [0.4, 0.5) is 5.69 Å². The van der Waals surface area contributed by atoms with E-state index in [2.05, 4.69) is 9.97 Å². The van der Waals surface area contributed by atoms with Crippen LogP contribution in [-0.4, -0.2) is 45.3 Å². The number of nitrogens with zero attached hydrogens (tertiary/aromatic N) is 4. The topological polar surface area (TPSA) is 66.4 Å². The normalized spacial score (nSPS) is 22.8. The number of carbonyl (C=O) groups excluding carboxylic acids is 2. The van der Waals surface area contributed by atoms with Crippen molar-refractivity contribution in [2.24, 2.45) is 0 Å². The molecule has 2 fully saturated rings. The molecule has 0 bridgehead atoms. The summed E-state index contributed by atoms with van der Waals surface area (Å²) in [6.07, 6.45) is 5.10. The van der Waals surface area contributed by atoms with Crippen LogP contribution in [0.25, 0.3) is 0 Å². The Morgan fingerprint density at radius 3 is 2.60 bits per heavy atom. The van der Waals surface area contributed by atoms with Crippen molar-refractivity contribution in [1.82, 2.24) is 14.9 Å². The number of rotatable bonds is 2. The van der Waals surface area contributed by atoms with E-state index in [0.717, 1.165) is 17.8 Å². The van der Waals surface area contributed by atoms with Crippen molar-refractivity contribution in [2.75, 3.05) is 11.4 Å². The predicted octanol–water partition coefficient (Wildman–Crippen LogP) is 2.20. The highest BCUT2D eigenvalue weighted by Crippen LogP contribution is 2.35. The molecule has 2 amide bonds. The number of benzene rings is 1. The minimum atomic E-state index is -0.0950. The lowest BCUT2D eigenvalue weighted by atomic mass is 9.95. The van der Waals surface area contributed by atoms with Crippen LogP contribution in [0.15, 0.2) is 42.7 Å². The van der Waals surface area contributed by atoms with Gasteiger partial charge in [-0.1, -0.05) is 18.2 Å². The van der Waals surface area contributed by atoms with Gasteiger partial charge in [-0.05, 0) is 31.9 Å². The Balaban J connectivity index is 1.60. The average molecular weight is 336 g/mol. The van der Waals surface area contributed by atoms with Gasteiger partial charge >= 0.3 is 0 Å². The summed E-state index contributed by atoms with van der Waals surface area (Å²) in [6.45, 7) is 2.48. The van der Waals surface area contributed by atoms with Gasteiger partial charge in [-0.2, -0.15) is 0 Å². The molecule has 2 aliphatic heterocycles. The van der Waals surface area contributed by atoms with Crippen LogP contribution in [0.3, 0.4) is 0 Å². The number of hydrogen-bond donors (Lipinski definition) is 0. The first-order valence-corrected chi connectivity index (χ1v) is 8.62. The molecule has 0 spiro atoms. The van der Waals surface area contributed by atoms with E-state index in [9.17, 15) is 9.59 Å². The summed E-state index contributed by atoms with van der Waals surface area (Å²) in [5.74, 6) is 0.0410. The van der Waals surface area contributed by atoms with E-state index in [1.807, 2.05) is 47.1 Å². The molecule has 0 aliphatic carbocycles. The molecular formula is C19H20N4O2. The first-order valence-electron chi connectivity index (χ1n) is 8.62. The van der Waals surface area contributed by atoms with Gasteiger partial charge in [0.15, 0.2) is 0 Å². The van der Waals surface area contributed by atoms with Crippen molar-refractivity contribution in [3.63, 3.8) is 0 Å². The van der Waals surface area contributed by atoms with Crippen LogP contribution >= 0.6 is 0 Å². The molecule has 1 aromatic carbocycles. The lowest BCUT2D eigenvalue weighted by Gasteiger charge is -2.39. The molecule has 2 atom stereocenters. The van der Waals surface area contributed by atoms with E-state index in [1.54, 1.807) is 6.20 Å². The van der Waals surface area contributed by atoms with Crippen LogP contribution in [0.5, 0.6) is 0 Å². The van der Waals surface area contributed by atoms with Gasteiger partial charge in [0.25, 0.3) is 5.91 Å². The minimum Gasteiger partial charge on any atom is -0.332 e. The number of para-hydroxylation sites is 1. The summed E-state index contributed by atoms with van der Waals surface area (Å²) < 4.78 is 0. The average Bonchev–Trinajstić information content (AvgIpc) is 3.06. The molecule has 128 valence electrons. The van der Waals surface area contributed by atoms with Crippen LogP contribution in [0.2, 0.25) is 0 Å². The maximum Gasteiger partial charge on any atom is 0.274 e. The smallest absolute Gasteiger partial charge is 0.274 e. The number of aromatic nitrogens is 2. The first-order chi connectivity index (χ1) is 12.1. The summed E-state index contributed by atoms with van der Waals surface area (Å²) >= 11 is 0. The second-order valence-electron chi connectivity index (χ2n) is 6.60. The van der Waals surface area contributed by atoms with E-state index >= 15 is 0 Å². The molecule has 2 aliphatic rings. The van der Waals surface area contributed by atoms with Gasteiger partial charge in [0, 0.05) is 24.8 Å². The van der Waals surface area contributed by atoms with Gasteiger partial charge in [-0.25, -0.2) is 4.98 Å². The standard InChI is InChI=1S/C19H20N4O2/c1-13-11-21-15(12-20-13)19(25)22-10-9-17-16(22)7-8-18(24)23(17)14-5-3-2-4-6-14/h2-6,11-12,16-17H,7-10H2,1H3/t16-,17-/m1/s1. The predicted molar refractivity (Wildman–Crippen MR) is 93.2 cm³/mol. The van der Waals surface area contributed by atoms with Gasteiger partial charge in [-0.15, -0.1) is 0 Å². The zero-order chi connectivity index (χ0) is 17.4. The number of hydrogen-bond acceptors (Lipinski definition) is 4. The molecule has 0 saturated carbocycles. The Hall–Kier alpha value is -2.76. The number of fused-ring (bicyclic) bond motifs is 1. The van der Waals surface area contributed by atoms with Crippen LogP contribution in [-0.2, 0) is 4.79 Å². The number of carbonyl (C=O) groups is 2. The molecule has 1 aromatic heterocycles. The molecule has 0 N–H and O–H groups in total. The lowest BCUT2D eigenvalue weighted by Crippen LogP contribution is -2.53. The lowest BCUT2D eigenvalue weighted by molar-refractivity contribution is -0.120. The zero-order valence-electron chi connectivity index (χ0n) is 14.1. The van der Waals surface area contributed by atoms with E-state index in [-0.39, 0.29) is 23.9 Å². The van der Waals surface area contributed by atoms with Crippen LogP contribution in [0, 0.1) is 6.92 Å². The molecule has 2 saturated heterocycles. The molecule has 3 heterocycles. The summed E-state index contributed by atoms with van der Waals surface area (Å²) in [5, 5.41) is 0. The maximum absolute atomic E-state index is 12.9. The maximum atomic E-state index is 12.9. The monoisotopic (exact) mass is 336 g/mol. The zero-order valence-corrected chi connectivity index (χ0v) is 14.1. The third kappa shape index (κ3) is 2.77. The Morgan fingerprint density at radius 1 is 1.08 bits per heavy atom. The Morgan fingerprint density at radius 2 is 1.88 bits per heavy atom. The van der Waals surface area contributed by atoms with E-state index in [4.69, 9.17) is 0 Å². The fourth-order valence-corrected chi connectivity index (χ4v) is 3.89. The van der Waals surface area contributed by atoms with Crippen molar-refractivity contribution in [2.45, 2.75) is 38.3 Å². The summed E-state index contributed by atoms with van der Waals surface area (Å²) in [5.41, 5.74) is 2.07. The van der Waals surface area contributed by atoms with E-state index < -0.39 is 0 Å². The summed E-state index contributed by atoms with van der Waals surface area (Å²) in [6, 6.07) is 9.79. The number of anilines is 1. The number of amides is 2. The van der Waals surface area contributed by atoms with Gasteiger partial charge in [0.2, 0.25) is 5.91 Å². The molecule has 4 rings (SSSR count). The van der Waals surface area contributed by atoms with Gasteiger partial charge in [-0.3, -0.25) is 14.6 Å². The van der Waals surface area contributed by atoms with Crippen molar-refractivity contribution >= 4 is 17.5 Å². The SMILES string of the molecule is Cc1cnc(C(=O)N2CC[C@@H]3[C@H]2CCC(=O)N3c2ccccc2)cn1. The molecule has 25 heavy (non-hydrogen) atoms. The second-order valence-corrected chi connectivity index (χ2v) is 6.60. The fourth-order valence-electron chi connectivity index (χ4n) is 3.89. The fraction of sp³-hybridized carbons (Fsp3) is 0.368. The number of aryl methyl sites for hydroxylation is 1. The Kier molecular flexibility index (Phi) is 3.95. The van der Waals surface area contributed by atoms with E-state index in [0.29, 0.717) is 25.1 Å². The molecule has 6 nitrogen and oxygen atoms in total.